The fourth-order valence-corrected chi connectivity index (χ4v) is 4.47. The van der Waals surface area contributed by atoms with Crippen LogP contribution in [0.2, 0.25) is 0 Å². The van der Waals surface area contributed by atoms with Crippen molar-refractivity contribution in [3.05, 3.63) is 45.6 Å². The zero-order valence-electron chi connectivity index (χ0n) is 15.4. The molecule has 0 amide bonds. The van der Waals surface area contributed by atoms with Gasteiger partial charge in [-0.05, 0) is 61.5 Å². The molecule has 1 aliphatic rings. The molecule has 136 valence electrons. The Labute approximate surface area is 154 Å². The smallest absolute Gasteiger partial charge is 0.161 e. The number of nitrogens with one attached hydrogen (secondary N) is 1. The third-order valence-corrected chi connectivity index (χ3v) is 5.67. The van der Waals surface area contributed by atoms with E-state index in [1.165, 1.54) is 22.4 Å². The van der Waals surface area contributed by atoms with Gasteiger partial charge in [-0.25, -0.2) is 0 Å². The molecule has 0 saturated carbocycles. The summed E-state index contributed by atoms with van der Waals surface area (Å²) >= 11 is 1.85. The van der Waals surface area contributed by atoms with Gasteiger partial charge in [-0.15, -0.1) is 11.3 Å². The standard InChI is InChI=1S/C20H28N2O2S/c1-4-24-18-13-16(6-7-17(18)23-3)20(19-12-15(2)14-25-19)22-10-5-8-21-9-11-22/h6-7,12-14,20-21H,4-5,8-11H2,1-3H3. The fourth-order valence-electron chi connectivity index (χ4n) is 3.41. The van der Waals surface area contributed by atoms with Crippen LogP contribution in [0.4, 0.5) is 0 Å². The highest BCUT2D eigenvalue weighted by molar-refractivity contribution is 7.10. The summed E-state index contributed by atoms with van der Waals surface area (Å²) in [7, 11) is 1.69. The first-order chi connectivity index (χ1) is 12.2. The van der Waals surface area contributed by atoms with Gasteiger partial charge in [-0.2, -0.15) is 0 Å². The lowest BCUT2D eigenvalue weighted by Crippen LogP contribution is -2.32. The van der Waals surface area contributed by atoms with Crippen molar-refractivity contribution in [3.8, 4) is 11.5 Å². The third-order valence-electron chi connectivity index (χ3n) is 4.56. The maximum Gasteiger partial charge on any atom is 0.161 e. The Morgan fingerprint density at radius 2 is 2.08 bits per heavy atom. The van der Waals surface area contributed by atoms with Crippen LogP contribution in [0.15, 0.2) is 29.6 Å². The predicted octanol–water partition coefficient (Wildman–Crippen LogP) is 3.85. The van der Waals surface area contributed by atoms with Gasteiger partial charge in [0.05, 0.1) is 19.8 Å². The summed E-state index contributed by atoms with van der Waals surface area (Å²) < 4.78 is 11.3. The van der Waals surface area contributed by atoms with Crippen molar-refractivity contribution in [2.24, 2.45) is 0 Å². The lowest BCUT2D eigenvalue weighted by molar-refractivity contribution is 0.242. The highest BCUT2D eigenvalue weighted by Gasteiger charge is 2.25. The number of thiophene rings is 1. The Morgan fingerprint density at radius 1 is 1.20 bits per heavy atom. The molecule has 5 heteroatoms. The minimum Gasteiger partial charge on any atom is -0.493 e. The van der Waals surface area contributed by atoms with E-state index in [4.69, 9.17) is 9.47 Å². The van der Waals surface area contributed by atoms with E-state index in [0.29, 0.717) is 6.61 Å². The molecule has 0 bridgehead atoms. The summed E-state index contributed by atoms with van der Waals surface area (Å²) in [6.07, 6.45) is 1.18. The Bertz CT molecular complexity index is 678. The molecule has 1 unspecified atom stereocenters. The maximum absolute atomic E-state index is 5.82. The number of rotatable bonds is 6. The van der Waals surface area contributed by atoms with Crippen LogP contribution in [0.3, 0.4) is 0 Å². The molecule has 0 spiro atoms. The molecule has 1 aliphatic heterocycles. The normalized spacial score (nSPS) is 17.1. The molecule has 3 rings (SSSR count). The van der Waals surface area contributed by atoms with Gasteiger partial charge in [0.15, 0.2) is 11.5 Å². The number of aryl methyl sites for hydroxylation is 1. The van der Waals surface area contributed by atoms with Crippen LogP contribution in [-0.2, 0) is 0 Å². The van der Waals surface area contributed by atoms with E-state index in [1.807, 2.05) is 24.3 Å². The summed E-state index contributed by atoms with van der Waals surface area (Å²) in [5.74, 6) is 1.62. The molecular weight excluding hydrogens is 332 g/mol. The topological polar surface area (TPSA) is 33.7 Å². The fraction of sp³-hybridized carbons (Fsp3) is 0.500. The van der Waals surface area contributed by atoms with Crippen molar-refractivity contribution in [2.45, 2.75) is 26.3 Å². The molecule has 1 atom stereocenters. The average Bonchev–Trinajstić information content (AvgIpc) is 2.87. The molecule has 25 heavy (non-hydrogen) atoms. The molecule has 1 N–H and O–H groups in total. The van der Waals surface area contributed by atoms with Gasteiger partial charge in [-0.1, -0.05) is 6.07 Å². The van der Waals surface area contributed by atoms with E-state index in [2.05, 4.69) is 40.7 Å². The number of nitrogens with zero attached hydrogens (tertiary/aromatic N) is 1. The van der Waals surface area contributed by atoms with Crippen LogP contribution in [0.1, 0.15) is 35.4 Å². The summed E-state index contributed by atoms with van der Waals surface area (Å²) in [6, 6.07) is 8.95. The second-order valence-corrected chi connectivity index (χ2v) is 7.35. The van der Waals surface area contributed by atoms with Gasteiger partial charge >= 0.3 is 0 Å². The summed E-state index contributed by atoms with van der Waals surface area (Å²) in [4.78, 5) is 3.98. The molecule has 4 nitrogen and oxygen atoms in total. The Kier molecular flexibility index (Phi) is 6.34. The molecule has 0 radical (unpaired) electrons. The van der Waals surface area contributed by atoms with Crippen molar-refractivity contribution in [1.82, 2.24) is 10.2 Å². The van der Waals surface area contributed by atoms with Crippen LogP contribution in [0, 0.1) is 6.92 Å². The first-order valence-electron chi connectivity index (χ1n) is 9.03. The number of hydrogen-bond acceptors (Lipinski definition) is 5. The molecule has 1 aromatic carbocycles. The van der Waals surface area contributed by atoms with E-state index in [1.54, 1.807) is 7.11 Å². The number of hydrogen-bond donors (Lipinski definition) is 1. The van der Waals surface area contributed by atoms with E-state index >= 15 is 0 Å². The largest absolute Gasteiger partial charge is 0.493 e. The van der Waals surface area contributed by atoms with Crippen molar-refractivity contribution < 1.29 is 9.47 Å². The van der Waals surface area contributed by atoms with Gasteiger partial charge in [0.1, 0.15) is 0 Å². The zero-order chi connectivity index (χ0) is 17.6. The predicted molar refractivity (Wildman–Crippen MR) is 104 cm³/mol. The molecule has 0 aliphatic carbocycles. The van der Waals surface area contributed by atoms with Crippen LogP contribution in [0.25, 0.3) is 0 Å². The molecule has 1 aromatic heterocycles. The summed E-state index contributed by atoms with van der Waals surface area (Å²) in [6.45, 7) is 9.10. The molecule has 1 saturated heterocycles. The molecular formula is C20H28N2O2S. The lowest BCUT2D eigenvalue weighted by Gasteiger charge is -2.30. The quantitative estimate of drug-likeness (QED) is 0.848. The van der Waals surface area contributed by atoms with Crippen LogP contribution in [-0.4, -0.2) is 44.8 Å². The second-order valence-electron chi connectivity index (χ2n) is 6.41. The Morgan fingerprint density at radius 3 is 2.80 bits per heavy atom. The van der Waals surface area contributed by atoms with E-state index in [9.17, 15) is 0 Å². The minimum atomic E-state index is 0.267. The number of methoxy groups -OCH3 is 1. The lowest BCUT2D eigenvalue weighted by atomic mass is 10.0. The Balaban J connectivity index is 2.00. The van der Waals surface area contributed by atoms with Crippen LogP contribution < -0.4 is 14.8 Å². The first kappa shape index (κ1) is 18.2. The third kappa shape index (κ3) is 4.35. The van der Waals surface area contributed by atoms with Gasteiger partial charge in [-0.3, -0.25) is 4.90 Å². The van der Waals surface area contributed by atoms with Gasteiger partial charge in [0, 0.05) is 24.5 Å². The van der Waals surface area contributed by atoms with Gasteiger partial charge in [0.25, 0.3) is 0 Å². The SMILES string of the molecule is CCOc1cc(C(c2cc(C)cs2)N2CCCNCC2)ccc1OC. The van der Waals surface area contributed by atoms with E-state index in [-0.39, 0.29) is 6.04 Å². The van der Waals surface area contributed by atoms with Crippen molar-refractivity contribution >= 4 is 11.3 Å². The minimum absolute atomic E-state index is 0.267. The van der Waals surface area contributed by atoms with Crippen molar-refractivity contribution in [3.63, 3.8) is 0 Å². The Hall–Kier alpha value is -1.56. The molecule has 1 fully saturated rings. The second kappa shape index (κ2) is 8.70. The van der Waals surface area contributed by atoms with Crippen LogP contribution in [0.5, 0.6) is 11.5 Å². The zero-order valence-corrected chi connectivity index (χ0v) is 16.2. The summed E-state index contributed by atoms with van der Waals surface area (Å²) in [5.41, 5.74) is 2.60. The summed E-state index contributed by atoms with van der Waals surface area (Å²) in [5, 5.41) is 5.75. The molecule has 2 aromatic rings. The molecule has 2 heterocycles. The van der Waals surface area contributed by atoms with Crippen LogP contribution >= 0.6 is 11.3 Å². The first-order valence-corrected chi connectivity index (χ1v) is 9.91. The van der Waals surface area contributed by atoms with Gasteiger partial charge in [0.2, 0.25) is 0 Å². The number of benzene rings is 1. The van der Waals surface area contributed by atoms with Gasteiger partial charge < -0.3 is 14.8 Å². The monoisotopic (exact) mass is 360 g/mol. The number of ether oxygens (including phenoxy) is 2. The van der Waals surface area contributed by atoms with E-state index in [0.717, 1.165) is 37.7 Å². The highest BCUT2D eigenvalue weighted by atomic mass is 32.1. The highest BCUT2D eigenvalue weighted by Crippen LogP contribution is 2.37. The van der Waals surface area contributed by atoms with Crippen molar-refractivity contribution in [2.75, 3.05) is 39.9 Å². The van der Waals surface area contributed by atoms with E-state index < -0.39 is 0 Å². The average molecular weight is 361 g/mol. The van der Waals surface area contributed by atoms with Crippen molar-refractivity contribution in [1.29, 1.82) is 0 Å². The maximum atomic E-state index is 5.82.